The van der Waals surface area contributed by atoms with Gasteiger partial charge in [0.25, 0.3) is 0 Å². The van der Waals surface area contributed by atoms with E-state index in [0.717, 1.165) is 21.4 Å². The highest BCUT2D eigenvalue weighted by Crippen LogP contribution is 2.40. The van der Waals surface area contributed by atoms with Crippen LogP contribution in [0.1, 0.15) is 21.7 Å². The van der Waals surface area contributed by atoms with Crippen LogP contribution in [0.2, 0.25) is 0 Å². The number of fused-ring (bicyclic) bond motifs is 5. The fourth-order valence-corrected chi connectivity index (χ4v) is 3.33. The Kier molecular flexibility index (Phi) is 2.29. The minimum atomic E-state index is -0.939. The SMILES string of the molecule is O=C(O)c1cccc2nc3c(n12)Cc1c(Br)cccc1-3. The van der Waals surface area contributed by atoms with Gasteiger partial charge in [0.1, 0.15) is 11.3 Å². The van der Waals surface area contributed by atoms with Crippen LogP contribution in [-0.4, -0.2) is 20.5 Å². The Bertz CT molecular complexity index is 883. The van der Waals surface area contributed by atoms with E-state index in [1.54, 1.807) is 16.5 Å². The van der Waals surface area contributed by atoms with Crippen molar-refractivity contribution in [2.24, 2.45) is 0 Å². The van der Waals surface area contributed by atoms with Crippen LogP contribution >= 0.6 is 15.9 Å². The molecule has 0 radical (unpaired) electrons. The van der Waals surface area contributed by atoms with Gasteiger partial charge in [0.2, 0.25) is 0 Å². The van der Waals surface area contributed by atoms with E-state index in [-0.39, 0.29) is 5.69 Å². The van der Waals surface area contributed by atoms with Crippen molar-refractivity contribution < 1.29 is 9.90 Å². The Morgan fingerprint density at radius 2 is 2.05 bits per heavy atom. The number of imidazole rings is 1. The minimum Gasteiger partial charge on any atom is -0.477 e. The van der Waals surface area contributed by atoms with Crippen LogP contribution in [0.4, 0.5) is 0 Å². The summed E-state index contributed by atoms with van der Waals surface area (Å²) in [5, 5.41) is 9.35. The van der Waals surface area contributed by atoms with Gasteiger partial charge in [-0.05, 0) is 23.8 Å². The number of halogens is 1. The first-order valence-electron chi connectivity index (χ1n) is 6.18. The van der Waals surface area contributed by atoms with Crippen molar-refractivity contribution in [2.45, 2.75) is 6.42 Å². The number of nitrogens with zero attached hydrogens (tertiary/aromatic N) is 2. The number of carboxylic acids is 1. The van der Waals surface area contributed by atoms with Crippen molar-refractivity contribution in [3.63, 3.8) is 0 Å². The maximum Gasteiger partial charge on any atom is 0.352 e. The number of aromatic carboxylic acids is 1. The van der Waals surface area contributed by atoms with Crippen LogP contribution in [0.15, 0.2) is 40.9 Å². The molecule has 0 saturated heterocycles. The van der Waals surface area contributed by atoms with E-state index < -0.39 is 5.97 Å². The Balaban J connectivity index is 2.09. The van der Waals surface area contributed by atoms with E-state index in [9.17, 15) is 9.90 Å². The Hall–Kier alpha value is -2.14. The molecule has 0 spiro atoms. The van der Waals surface area contributed by atoms with Crippen LogP contribution in [0.5, 0.6) is 0 Å². The normalized spacial score (nSPS) is 12.4. The molecule has 0 atom stereocenters. The number of rotatable bonds is 1. The zero-order chi connectivity index (χ0) is 13.9. The molecule has 0 amide bonds. The summed E-state index contributed by atoms with van der Waals surface area (Å²) in [5.74, 6) is -0.939. The molecule has 2 heterocycles. The summed E-state index contributed by atoms with van der Waals surface area (Å²) in [6.07, 6.45) is 0.692. The van der Waals surface area contributed by atoms with Gasteiger partial charge in [0.05, 0.1) is 11.4 Å². The molecule has 5 heteroatoms. The number of pyridine rings is 1. The molecule has 0 saturated carbocycles. The first-order valence-corrected chi connectivity index (χ1v) is 6.97. The molecule has 98 valence electrons. The molecule has 0 aliphatic heterocycles. The van der Waals surface area contributed by atoms with Crippen LogP contribution in [0.25, 0.3) is 16.9 Å². The number of benzene rings is 1. The van der Waals surface area contributed by atoms with E-state index in [2.05, 4.69) is 20.9 Å². The molecule has 4 rings (SSSR count). The average molecular weight is 329 g/mol. The van der Waals surface area contributed by atoms with Crippen molar-refractivity contribution in [3.8, 4) is 11.3 Å². The molecule has 1 aromatic carbocycles. The highest BCUT2D eigenvalue weighted by molar-refractivity contribution is 9.10. The van der Waals surface area contributed by atoms with Crippen LogP contribution < -0.4 is 0 Å². The number of hydrogen-bond acceptors (Lipinski definition) is 2. The van der Waals surface area contributed by atoms with Crippen molar-refractivity contribution in [1.82, 2.24) is 9.38 Å². The molecular weight excluding hydrogens is 320 g/mol. The molecule has 1 N–H and O–H groups in total. The van der Waals surface area contributed by atoms with Crippen LogP contribution in [0, 0.1) is 0 Å². The zero-order valence-electron chi connectivity index (χ0n) is 10.3. The summed E-state index contributed by atoms with van der Waals surface area (Å²) < 4.78 is 2.78. The molecule has 3 aromatic rings. The van der Waals surface area contributed by atoms with E-state index in [4.69, 9.17) is 0 Å². The highest BCUT2D eigenvalue weighted by Gasteiger charge is 2.27. The highest BCUT2D eigenvalue weighted by atomic mass is 79.9. The third-order valence-corrected chi connectivity index (χ3v) is 4.42. The van der Waals surface area contributed by atoms with Gasteiger partial charge < -0.3 is 5.11 Å². The van der Waals surface area contributed by atoms with Crippen molar-refractivity contribution in [2.75, 3.05) is 0 Å². The lowest BCUT2D eigenvalue weighted by atomic mass is 10.1. The molecule has 0 bridgehead atoms. The van der Waals surface area contributed by atoms with Crippen molar-refractivity contribution in [1.29, 1.82) is 0 Å². The summed E-state index contributed by atoms with van der Waals surface area (Å²) >= 11 is 3.55. The second-order valence-electron chi connectivity index (χ2n) is 4.76. The van der Waals surface area contributed by atoms with Gasteiger partial charge in [0.15, 0.2) is 0 Å². The van der Waals surface area contributed by atoms with Gasteiger partial charge in [-0.2, -0.15) is 0 Å². The van der Waals surface area contributed by atoms with E-state index >= 15 is 0 Å². The molecule has 1 aliphatic carbocycles. The summed E-state index contributed by atoms with van der Waals surface area (Å²) in [6, 6.07) is 11.2. The molecular formula is C15H9BrN2O2. The zero-order valence-corrected chi connectivity index (χ0v) is 11.9. The lowest BCUT2D eigenvalue weighted by molar-refractivity contribution is 0.0688. The van der Waals surface area contributed by atoms with Crippen LogP contribution in [0.3, 0.4) is 0 Å². The van der Waals surface area contributed by atoms with Gasteiger partial charge in [-0.15, -0.1) is 0 Å². The fourth-order valence-electron chi connectivity index (χ4n) is 2.83. The Morgan fingerprint density at radius 3 is 2.85 bits per heavy atom. The van der Waals surface area contributed by atoms with E-state index in [1.807, 2.05) is 24.3 Å². The molecule has 2 aromatic heterocycles. The second-order valence-corrected chi connectivity index (χ2v) is 5.61. The summed E-state index contributed by atoms with van der Waals surface area (Å²) in [6.45, 7) is 0. The maximum atomic E-state index is 11.4. The summed E-state index contributed by atoms with van der Waals surface area (Å²) in [7, 11) is 0. The quantitative estimate of drug-likeness (QED) is 0.583. The van der Waals surface area contributed by atoms with Gasteiger partial charge in [-0.1, -0.05) is 34.1 Å². The molecule has 20 heavy (non-hydrogen) atoms. The van der Waals surface area contributed by atoms with Gasteiger partial charge in [-0.25, -0.2) is 9.78 Å². The Morgan fingerprint density at radius 1 is 1.25 bits per heavy atom. The Labute approximate surface area is 122 Å². The lowest BCUT2D eigenvalue weighted by Gasteiger charge is -2.04. The van der Waals surface area contributed by atoms with Gasteiger partial charge in [-0.3, -0.25) is 4.40 Å². The van der Waals surface area contributed by atoms with Crippen LogP contribution in [-0.2, 0) is 6.42 Å². The predicted molar refractivity (Wildman–Crippen MR) is 78.1 cm³/mol. The van der Waals surface area contributed by atoms with Gasteiger partial charge >= 0.3 is 5.97 Å². The number of aromatic nitrogens is 2. The number of hydrogen-bond donors (Lipinski definition) is 1. The lowest BCUT2D eigenvalue weighted by Crippen LogP contribution is -2.06. The standard InChI is InChI=1S/C15H9BrN2O2/c16-10-4-1-3-8-9(10)7-12-14(8)17-13-6-2-5-11(15(19)20)18(12)13/h1-6H,7H2,(H,19,20). The smallest absolute Gasteiger partial charge is 0.352 e. The van der Waals surface area contributed by atoms with Crippen molar-refractivity contribution in [3.05, 3.63) is 57.8 Å². The fraction of sp³-hybridized carbons (Fsp3) is 0.0667. The number of carbonyl (C=O) groups is 1. The molecule has 0 fully saturated rings. The monoisotopic (exact) mass is 328 g/mol. The summed E-state index contributed by atoms with van der Waals surface area (Å²) in [5.41, 5.74) is 5.00. The molecule has 4 nitrogen and oxygen atoms in total. The first-order chi connectivity index (χ1) is 9.66. The second kappa shape index (κ2) is 3.93. The predicted octanol–water partition coefficient (Wildman–Crippen LogP) is 3.37. The third kappa shape index (κ3) is 1.41. The van der Waals surface area contributed by atoms with Gasteiger partial charge in [0, 0.05) is 16.5 Å². The third-order valence-electron chi connectivity index (χ3n) is 3.68. The largest absolute Gasteiger partial charge is 0.477 e. The average Bonchev–Trinajstić information content (AvgIpc) is 2.95. The summed E-state index contributed by atoms with van der Waals surface area (Å²) in [4.78, 5) is 16.0. The topological polar surface area (TPSA) is 54.6 Å². The minimum absolute atomic E-state index is 0.250. The number of carboxylic acid groups (broad SMARTS) is 1. The first kappa shape index (κ1) is 11.7. The van der Waals surface area contributed by atoms with Crippen molar-refractivity contribution >= 4 is 27.5 Å². The maximum absolute atomic E-state index is 11.4. The molecule has 0 unspecified atom stereocenters. The van der Waals surface area contributed by atoms with E-state index in [0.29, 0.717) is 12.1 Å². The van der Waals surface area contributed by atoms with E-state index in [1.165, 1.54) is 5.56 Å². The molecule has 1 aliphatic rings.